The lowest BCUT2D eigenvalue weighted by molar-refractivity contribution is -0.126. The maximum atomic E-state index is 13.6. The summed E-state index contributed by atoms with van der Waals surface area (Å²) in [5, 5.41) is 4.25. The van der Waals surface area contributed by atoms with Crippen LogP contribution in [-0.4, -0.2) is 64.6 Å². The summed E-state index contributed by atoms with van der Waals surface area (Å²) in [7, 11) is 2.05. The second-order valence-corrected chi connectivity index (χ2v) is 11.2. The van der Waals surface area contributed by atoms with Gasteiger partial charge in [-0.3, -0.25) is 9.69 Å². The Morgan fingerprint density at radius 1 is 1.42 bits per heavy atom. The minimum atomic E-state index is -0.467. The monoisotopic (exact) mass is 529 g/mol. The Morgan fingerprint density at radius 3 is 3.06 bits per heavy atom. The van der Waals surface area contributed by atoms with E-state index in [9.17, 15) is 9.18 Å². The average Bonchev–Trinajstić information content (AvgIpc) is 3.44. The predicted molar refractivity (Wildman–Crippen MR) is 141 cm³/mol. The number of aromatic nitrogens is 2. The van der Waals surface area contributed by atoms with Crippen LogP contribution in [0.4, 0.5) is 15.9 Å². The molecule has 3 aromatic rings. The Labute approximate surface area is 218 Å². The number of carbonyl (C=O) groups excluding carboxylic acids is 1. The number of benzene rings is 1. The Balaban J connectivity index is 1.25. The van der Waals surface area contributed by atoms with Crippen molar-refractivity contribution < 1.29 is 13.9 Å². The Hall–Kier alpha value is -2.59. The van der Waals surface area contributed by atoms with E-state index in [2.05, 4.69) is 34.2 Å². The zero-order chi connectivity index (χ0) is 25.3. The van der Waals surface area contributed by atoms with Crippen LogP contribution in [0.1, 0.15) is 30.2 Å². The first kappa shape index (κ1) is 25.1. The minimum absolute atomic E-state index is 0.0141. The van der Waals surface area contributed by atoms with Gasteiger partial charge in [-0.25, -0.2) is 14.4 Å². The number of carbonyl (C=O) groups is 1. The highest BCUT2D eigenvalue weighted by Crippen LogP contribution is 2.38. The lowest BCUT2D eigenvalue weighted by Crippen LogP contribution is -2.38. The van der Waals surface area contributed by atoms with Gasteiger partial charge in [0, 0.05) is 42.9 Å². The molecule has 36 heavy (non-hydrogen) atoms. The van der Waals surface area contributed by atoms with E-state index in [1.54, 1.807) is 23.5 Å². The van der Waals surface area contributed by atoms with Crippen LogP contribution in [0.3, 0.4) is 0 Å². The van der Waals surface area contributed by atoms with E-state index < -0.39 is 5.82 Å². The molecule has 10 heteroatoms. The zero-order valence-corrected chi connectivity index (χ0v) is 22.0. The van der Waals surface area contributed by atoms with Gasteiger partial charge in [-0.05, 0) is 57.0 Å². The molecule has 0 spiro atoms. The van der Waals surface area contributed by atoms with Crippen molar-refractivity contribution in [3.8, 4) is 0 Å². The molecular formula is C26H29ClFN5O2S. The number of amides is 1. The maximum absolute atomic E-state index is 13.6. The van der Waals surface area contributed by atoms with Crippen molar-refractivity contribution in [2.45, 2.75) is 38.3 Å². The minimum Gasteiger partial charge on any atom is -0.374 e. The lowest BCUT2D eigenvalue weighted by atomic mass is 10.0. The van der Waals surface area contributed by atoms with Crippen molar-refractivity contribution in [2.24, 2.45) is 0 Å². The van der Waals surface area contributed by atoms with Gasteiger partial charge in [-0.15, -0.1) is 11.3 Å². The summed E-state index contributed by atoms with van der Waals surface area (Å²) in [4.78, 5) is 27.8. The van der Waals surface area contributed by atoms with Crippen LogP contribution in [0.5, 0.6) is 0 Å². The lowest BCUT2D eigenvalue weighted by Gasteiger charge is -2.28. The third kappa shape index (κ3) is 5.39. The summed E-state index contributed by atoms with van der Waals surface area (Å²) in [6.07, 6.45) is 8.02. The van der Waals surface area contributed by atoms with Crippen molar-refractivity contribution in [1.29, 1.82) is 0 Å². The molecule has 0 bridgehead atoms. The summed E-state index contributed by atoms with van der Waals surface area (Å²) >= 11 is 7.52. The summed E-state index contributed by atoms with van der Waals surface area (Å²) in [5.74, 6) is 0.202. The van der Waals surface area contributed by atoms with E-state index in [0.29, 0.717) is 31.1 Å². The van der Waals surface area contributed by atoms with E-state index in [0.717, 1.165) is 53.1 Å². The van der Waals surface area contributed by atoms with Gasteiger partial charge in [0.2, 0.25) is 5.91 Å². The maximum Gasteiger partial charge on any atom is 0.246 e. The molecule has 1 aromatic carbocycles. The number of hydrogen-bond donors (Lipinski definition) is 1. The second kappa shape index (κ2) is 10.4. The molecule has 0 aliphatic carbocycles. The standard InChI is InChI=1S/C26H29ClFN5O2S/c1-26(9-4-12-35-26)15-32(2)10-3-5-22(34)33-11-8-18-21(14-33)36-25-23(18)24(29-16-30-25)31-17-6-7-20(28)19(27)13-17/h3,5-7,13,16H,4,8-12,14-15H2,1-2H3,(H,29,30,31). The van der Waals surface area contributed by atoms with Crippen LogP contribution in [0, 0.1) is 5.82 Å². The van der Waals surface area contributed by atoms with Crippen molar-refractivity contribution in [3.63, 3.8) is 0 Å². The highest BCUT2D eigenvalue weighted by molar-refractivity contribution is 7.19. The molecule has 2 aromatic heterocycles. The molecule has 1 amide bonds. The molecule has 1 N–H and O–H groups in total. The van der Waals surface area contributed by atoms with Crippen LogP contribution < -0.4 is 5.32 Å². The molecule has 5 rings (SSSR count). The van der Waals surface area contributed by atoms with Crippen molar-refractivity contribution in [3.05, 3.63) is 58.0 Å². The summed E-state index contributed by atoms with van der Waals surface area (Å²) in [5.41, 5.74) is 1.72. The fourth-order valence-corrected chi connectivity index (χ4v) is 6.34. The van der Waals surface area contributed by atoms with Gasteiger partial charge in [0.15, 0.2) is 0 Å². The topological polar surface area (TPSA) is 70.6 Å². The van der Waals surface area contributed by atoms with Crippen LogP contribution in [0.25, 0.3) is 10.2 Å². The molecule has 1 unspecified atom stereocenters. The average molecular weight is 530 g/mol. The highest BCUT2D eigenvalue weighted by Gasteiger charge is 2.30. The van der Waals surface area contributed by atoms with Gasteiger partial charge in [0.25, 0.3) is 0 Å². The van der Waals surface area contributed by atoms with E-state index in [-0.39, 0.29) is 16.5 Å². The molecular weight excluding hydrogens is 501 g/mol. The Morgan fingerprint density at radius 2 is 2.28 bits per heavy atom. The van der Waals surface area contributed by atoms with Crippen LogP contribution >= 0.6 is 22.9 Å². The number of hydrogen-bond acceptors (Lipinski definition) is 7. The molecule has 1 atom stereocenters. The molecule has 190 valence electrons. The summed E-state index contributed by atoms with van der Waals surface area (Å²) in [6, 6.07) is 4.48. The van der Waals surface area contributed by atoms with E-state index >= 15 is 0 Å². The third-order valence-electron chi connectivity index (χ3n) is 6.71. The SMILES string of the molecule is CN(CC=CC(=O)N1CCc2c(sc3ncnc(Nc4ccc(F)c(Cl)c4)c23)C1)CC1(C)CCCO1. The molecule has 0 radical (unpaired) electrons. The number of thiophene rings is 1. The van der Waals surface area contributed by atoms with Gasteiger partial charge in [-0.2, -0.15) is 0 Å². The molecule has 7 nitrogen and oxygen atoms in total. The summed E-state index contributed by atoms with van der Waals surface area (Å²) in [6.45, 7) is 5.70. The highest BCUT2D eigenvalue weighted by atomic mass is 35.5. The molecule has 1 saturated heterocycles. The number of fused-ring (bicyclic) bond motifs is 3. The predicted octanol–water partition coefficient (Wildman–Crippen LogP) is 5.17. The van der Waals surface area contributed by atoms with Crippen molar-refractivity contribution >= 4 is 50.6 Å². The molecule has 2 aliphatic heterocycles. The molecule has 0 saturated carbocycles. The number of nitrogens with zero attached hydrogens (tertiary/aromatic N) is 4. The number of halogens is 2. The van der Waals surface area contributed by atoms with E-state index in [1.807, 2.05) is 11.0 Å². The van der Waals surface area contributed by atoms with Gasteiger partial charge >= 0.3 is 0 Å². The van der Waals surface area contributed by atoms with Gasteiger partial charge in [0.1, 0.15) is 22.8 Å². The number of anilines is 2. The van der Waals surface area contributed by atoms with Crippen LogP contribution in [0.15, 0.2) is 36.7 Å². The number of nitrogens with one attached hydrogen (secondary N) is 1. The fraction of sp³-hybridized carbons (Fsp3) is 0.423. The number of ether oxygens (including phenoxy) is 1. The van der Waals surface area contributed by atoms with Crippen molar-refractivity contribution in [1.82, 2.24) is 19.8 Å². The van der Waals surface area contributed by atoms with Crippen LogP contribution in [0.2, 0.25) is 5.02 Å². The van der Waals surface area contributed by atoms with Crippen molar-refractivity contribution in [2.75, 3.05) is 38.6 Å². The molecule has 4 heterocycles. The number of rotatable bonds is 7. The second-order valence-electron chi connectivity index (χ2n) is 9.67. The fourth-order valence-electron chi connectivity index (χ4n) is 4.96. The third-order valence-corrected chi connectivity index (χ3v) is 8.13. The number of likely N-dealkylation sites (N-methyl/N-ethyl adjacent to an activating group) is 1. The zero-order valence-electron chi connectivity index (χ0n) is 20.4. The van der Waals surface area contributed by atoms with Gasteiger partial charge in [0.05, 0.1) is 22.6 Å². The van der Waals surface area contributed by atoms with Gasteiger partial charge in [-0.1, -0.05) is 17.7 Å². The smallest absolute Gasteiger partial charge is 0.246 e. The first-order valence-electron chi connectivity index (χ1n) is 12.1. The summed E-state index contributed by atoms with van der Waals surface area (Å²) < 4.78 is 19.4. The Bertz CT molecular complexity index is 1310. The first-order valence-corrected chi connectivity index (χ1v) is 13.3. The normalized spacial score (nSPS) is 20.0. The van der Waals surface area contributed by atoms with E-state index in [1.165, 1.54) is 18.5 Å². The molecule has 2 aliphatic rings. The van der Waals surface area contributed by atoms with Gasteiger partial charge < -0.3 is 15.0 Å². The van der Waals surface area contributed by atoms with Crippen LogP contribution in [-0.2, 0) is 22.5 Å². The van der Waals surface area contributed by atoms with E-state index in [4.69, 9.17) is 16.3 Å². The largest absolute Gasteiger partial charge is 0.374 e. The molecule has 1 fully saturated rings. The first-order chi connectivity index (χ1) is 17.3. The quantitative estimate of drug-likeness (QED) is 0.426. The Kier molecular flexibility index (Phi) is 7.25.